The molecule has 0 bridgehead atoms. The van der Waals surface area contributed by atoms with Crippen LogP contribution < -0.4 is 0 Å². The lowest BCUT2D eigenvalue weighted by Crippen LogP contribution is -2.02. The van der Waals surface area contributed by atoms with Crippen molar-refractivity contribution in [1.29, 1.82) is 0 Å². The van der Waals surface area contributed by atoms with Crippen LogP contribution in [0.2, 0.25) is 0 Å². The van der Waals surface area contributed by atoms with Gasteiger partial charge in [-0.05, 0) is 24.3 Å². The van der Waals surface area contributed by atoms with Crippen molar-refractivity contribution in [1.82, 2.24) is 24.7 Å². The molecule has 5 rings (SSSR count). The number of para-hydroxylation sites is 2. The van der Waals surface area contributed by atoms with Gasteiger partial charge in [-0.3, -0.25) is 14.7 Å². The van der Waals surface area contributed by atoms with Crippen molar-refractivity contribution in [2.24, 2.45) is 0 Å². The Labute approximate surface area is 146 Å². The van der Waals surface area contributed by atoms with Crippen molar-refractivity contribution in [3.05, 3.63) is 64.9 Å². The van der Waals surface area contributed by atoms with Crippen LogP contribution in [0.4, 0.5) is 0 Å². The Balaban J connectivity index is 1.42. The van der Waals surface area contributed by atoms with E-state index in [2.05, 4.69) is 20.1 Å². The number of hydrogen-bond donors (Lipinski definition) is 0. The van der Waals surface area contributed by atoms with Crippen molar-refractivity contribution in [2.75, 3.05) is 0 Å². The van der Waals surface area contributed by atoms with Gasteiger partial charge in [0.05, 0.1) is 11.0 Å². The first-order valence-corrected chi connectivity index (χ1v) is 8.07. The van der Waals surface area contributed by atoms with Crippen LogP contribution in [0, 0.1) is 10.1 Å². The van der Waals surface area contributed by atoms with Gasteiger partial charge in [-0.25, -0.2) is 9.97 Å². The second-order valence-electron chi connectivity index (χ2n) is 6.16. The maximum absolute atomic E-state index is 10.8. The molecule has 0 N–H and O–H groups in total. The highest BCUT2D eigenvalue weighted by molar-refractivity contribution is 5.76. The molecule has 2 unspecified atom stereocenters. The molecule has 9 nitrogen and oxygen atoms in total. The molecular weight excluding hydrogens is 336 g/mol. The fraction of sp³-hybridized carbons (Fsp3) is 0.176. The summed E-state index contributed by atoms with van der Waals surface area (Å²) in [6, 6.07) is 10.9. The highest BCUT2D eigenvalue weighted by Crippen LogP contribution is 2.42. The lowest BCUT2D eigenvalue weighted by Gasteiger charge is -2.03. The third-order valence-electron chi connectivity index (χ3n) is 4.49. The Hall–Kier alpha value is -3.62. The predicted octanol–water partition coefficient (Wildman–Crippen LogP) is 2.60. The van der Waals surface area contributed by atoms with Gasteiger partial charge in [-0.15, -0.1) is 0 Å². The maximum Gasteiger partial charge on any atom is 0.237 e. The van der Waals surface area contributed by atoms with E-state index in [-0.39, 0.29) is 10.8 Å². The summed E-state index contributed by atoms with van der Waals surface area (Å²) in [5, 5.41) is 14.7. The summed E-state index contributed by atoms with van der Waals surface area (Å²) in [5.74, 6) is 1.13. The van der Waals surface area contributed by atoms with Gasteiger partial charge < -0.3 is 4.52 Å². The monoisotopic (exact) mass is 348 g/mol. The molecule has 0 spiro atoms. The molecule has 1 aliphatic rings. The summed E-state index contributed by atoms with van der Waals surface area (Å²) in [4.78, 5) is 23.5. The minimum Gasteiger partial charge on any atom is -0.338 e. The van der Waals surface area contributed by atoms with Crippen LogP contribution in [0.15, 0.2) is 53.4 Å². The molecule has 1 saturated carbocycles. The molecule has 0 aliphatic heterocycles. The summed E-state index contributed by atoms with van der Waals surface area (Å²) in [6.45, 7) is 0. The minimum atomic E-state index is -0.613. The Morgan fingerprint density at radius 2 is 2.08 bits per heavy atom. The normalized spacial score (nSPS) is 18.9. The Morgan fingerprint density at radius 3 is 2.85 bits per heavy atom. The smallest absolute Gasteiger partial charge is 0.237 e. The van der Waals surface area contributed by atoms with Gasteiger partial charge in [-0.2, -0.15) is 4.98 Å². The standard InChI is InChI=1S/C17H12N6O3/c24-23(25)14-7-11(14)17-20-16(21-26-17)10-5-6-15(18-8-10)22-9-19-12-3-1-2-4-13(12)22/h1-6,8-9,11,14H,7H2. The van der Waals surface area contributed by atoms with E-state index in [1.54, 1.807) is 12.5 Å². The van der Waals surface area contributed by atoms with Gasteiger partial charge in [0.15, 0.2) is 0 Å². The van der Waals surface area contributed by atoms with E-state index in [1.165, 1.54) is 0 Å². The molecule has 9 heteroatoms. The third-order valence-corrected chi connectivity index (χ3v) is 4.49. The van der Waals surface area contributed by atoms with Gasteiger partial charge in [-0.1, -0.05) is 17.3 Å². The second-order valence-corrected chi connectivity index (χ2v) is 6.16. The average Bonchev–Trinajstić information content (AvgIpc) is 3.13. The van der Waals surface area contributed by atoms with Crippen LogP contribution in [-0.4, -0.2) is 35.6 Å². The average molecular weight is 348 g/mol. The molecule has 0 saturated heterocycles. The molecule has 3 aromatic heterocycles. The van der Waals surface area contributed by atoms with E-state index < -0.39 is 6.04 Å². The van der Waals surface area contributed by atoms with Crippen molar-refractivity contribution in [3.63, 3.8) is 0 Å². The number of nitro groups is 1. The Morgan fingerprint density at radius 1 is 1.19 bits per heavy atom. The number of benzene rings is 1. The number of rotatable bonds is 4. The third kappa shape index (κ3) is 2.32. The van der Waals surface area contributed by atoms with Crippen molar-refractivity contribution in [2.45, 2.75) is 18.4 Å². The van der Waals surface area contributed by atoms with E-state index in [0.717, 1.165) is 16.9 Å². The van der Waals surface area contributed by atoms with Crippen molar-refractivity contribution >= 4 is 11.0 Å². The van der Waals surface area contributed by atoms with Crippen LogP contribution in [0.3, 0.4) is 0 Å². The number of fused-ring (bicyclic) bond motifs is 1. The first kappa shape index (κ1) is 14.7. The SMILES string of the molecule is O=[N+]([O-])C1CC1c1nc(-c2ccc(-n3cnc4ccccc43)nc2)no1. The van der Waals surface area contributed by atoms with E-state index in [9.17, 15) is 10.1 Å². The molecule has 3 heterocycles. The summed E-state index contributed by atoms with van der Waals surface area (Å²) in [7, 11) is 0. The molecule has 0 amide bonds. The first-order valence-electron chi connectivity index (χ1n) is 8.07. The van der Waals surface area contributed by atoms with Crippen molar-refractivity contribution < 1.29 is 9.45 Å². The van der Waals surface area contributed by atoms with Crippen LogP contribution in [0.25, 0.3) is 28.2 Å². The van der Waals surface area contributed by atoms with E-state index in [1.807, 2.05) is 41.0 Å². The zero-order valence-corrected chi connectivity index (χ0v) is 13.4. The summed E-state index contributed by atoms with van der Waals surface area (Å²) in [5.41, 5.74) is 2.55. The molecule has 4 aromatic rings. The lowest BCUT2D eigenvalue weighted by atomic mass is 10.2. The number of imidazole rings is 1. The van der Waals surface area contributed by atoms with E-state index in [0.29, 0.717) is 23.7 Å². The second kappa shape index (κ2) is 5.45. The molecule has 128 valence electrons. The van der Waals surface area contributed by atoms with Gasteiger partial charge in [0.1, 0.15) is 18.1 Å². The number of pyridine rings is 1. The van der Waals surface area contributed by atoms with E-state index >= 15 is 0 Å². The van der Waals surface area contributed by atoms with Crippen LogP contribution in [0.5, 0.6) is 0 Å². The highest BCUT2D eigenvalue weighted by atomic mass is 16.6. The topological polar surface area (TPSA) is 113 Å². The molecular formula is C17H12N6O3. The summed E-state index contributed by atoms with van der Waals surface area (Å²) >= 11 is 0. The molecule has 1 aliphatic carbocycles. The summed E-state index contributed by atoms with van der Waals surface area (Å²) < 4.78 is 7.07. The number of nitrogens with zero attached hydrogens (tertiary/aromatic N) is 6. The van der Waals surface area contributed by atoms with Crippen LogP contribution >= 0.6 is 0 Å². The number of aromatic nitrogens is 5. The van der Waals surface area contributed by atoms with Crippen molar-refractivity contribution in [3.8, 4) is 17.2 Å². The zero-order valence-electron chi connectivity index (χ0n) is 13.4. The Bertz CT molecular complexity index is 1120. The van der Waals surface area contributed by atoms with E-state index in [4.69, 9.17) is 4.52 Å². The fourth-order valence-electron chi connectivity index (χ4n) is 2.99. The van der Waals surface area contributed by atoms with Gasteiger partial charge in [0.2, 0.25) is 17.8 Å². The predicted molar refractivity (Wildman–Crippen MR) is 90.3 cm³/mol. The zero-order chi connectivity index (χ0) is 17.7. The first-order chi connectivity index (χ1) is 12.7. The minimum absolute atomic E-state index is 0.282. The fourth-order valence-corrected chi connectivity index (χ4v) is 2.99. The molecule has 0 radical (unpaired) electrons. The quantitative estimate of drug-likeness (QED) is 0.411. The Kier molecular flexibility index (Phi) is 3.08. The van der Waals surface area contributed by atoms with Crippen LogP contribution in [0.1, 0.15) is 18.2 Å². The van der Waals surface area contributed by atoms with Gasteiger partial charge in [0, 0.05) is 23.1 Å². The van der Waals surface area contributed by atoms with Crippen LogP contribution in [-0.2, 0) is 0 Å². The maximum atomic E-state index is 10.8. The highest BCUT2D eigenvalue weighted by Gasteiger charge is 2.53. The van der Waals surface area contributed by atoms with Gasteiger partial charge in [0.25, 0.3) is 0 Å². The summed E-state index contributed by atoms with van der Waals surface area (Å²) in [6.07, 6.45) is 3.82. The molecule has 1 fully saturated rings. The molecule has 2 atom stereocenters. The lowest BCUT2D eigenvalue weighted by molar-refractivity contribution is -0.496. The molecule has 26 heavy (non-hydrogen) atoms. The largest absolute Gasteiger partial charge is 0.338 e. The van der Waals surface area contributed by atoms with Gasteiger partial charge >= 0.3 is 0 Å². The molecule has 1 aromatic carbocycles. The number of hydrogen-bond acceptors (Lipinski definition) is 7.